The van der Waals surface area contributed by atoms with Crippen molar-refractivity contribution in [1.29, 1.82) is 0 Å². The van der Waals surface area contributed by atoms with Crippen molar-refractivity contribution in [3.63, 3.8) is 0 Å². The maximum absolute atomic E-state index is 12.3. The second kappa shape index (κ2) is 10.3. The minimum Gasteiger partial charge on any atom is -0.493 e. The molecular formula is C18H17F2NO5S. The van der Waals surface area contributed by atoms with E-state index in [1.165, 1.54) is 42.7 Å². The lowest BCUT2D eigenvalue weighted by atomic mass is 10.2. The normalized spacial score (nSPS) is 10.8. The van der Waals surface area contributed by atoms with Gasteiger partial charge in [0.25, 0.3) is 5.91 Å². The molecule has 0 fully saturated rings. The number of thiophene rings is 1. The van der Waals surface area contributed by atoms with E-state index in [0.29, 0.717) is 12.1 Å². The summed E-state index contributed by atoms with van der Waals surface area (Å²) in [5, 5.41) is 4.53. The number of esters is 1. The van der Waals surface area contributed by atoms with Crippen molar-refractivity contribution in [3.8, 4) is 11.5 Å². The van der Waals surface area contributed by atoms with Crippen LogP contribution in [-0.2, 0) is 20.9 Å². The van der Waals surface area contributed by atoms with Crippen LogP contribution in [0.25, 0.3) is 6.08 Å². The Hall–Kier alpha value is -2.94. The fourth-order valence-electron chi connectivity index (χ4n) is 1.98. The van der Waals surface area contributed by atoms with Gasteiger partial charge in [0.2, 0.25) is 0 Å². The summed E-state index contributed by atoms with van der Waals surface area (Å²) in [5.41, 5.74) is 0.507. The molecule has 0 aliphatic carbocycles. The van der Waals surface area contributed by atoms with E-state index in [-0.39, 0.29) is 11.5 Å². The molecule has 1 aromatic heterocycles. The molecule has 1 N–H and O–H groups in total. The van der Waals surface area contributed by atoms with Gasteiger partial charge in [-0.15, -0.1) is 11.3 Å². The molecule has 1 amide bonds. The van der Waals surface area contributed by atoms with Crippen molar-refractivity contribution >= 4 is 29.3 Å². The lowest BCUT2D eigenvalue weighted by Crippen LogP contribution is -2.27. The molecule has 0 saturated heterocycles. The zero-order valence-electron chi connectivity index (χ0n) is 14.3. The molecule has 0 radical (unpaired) electrons. The first-order valence-electron chi connectivity index (χ1n) is 7.74. The van der Waals surface area contributed by atoms with E-state index in [1.807, 2.05) is 17.5 Å². The number of alkyl halides is 2. The Morgan fingerprint density at radius 3 is 2.74 bits per heavy atom. The molecule has 1 heterocycles. The lowest BCUT2D eigenvalue weighted by molar-refractivity contribution is -0.143. The molecule has 0 bridgehead atoms. The van der Waals surface area contributed by atoms with E-state index in [0.717, 1.165) is 11.0 Å². The topological polar surface area (TPSA) is 73.9 Å². The second-order valence-corrected chi connectivity index (χ2v) is 6.12. The van der Waals surface area contributed by atoms with Crippen LogP contribution in [0.1, 0.15) is 10.4 Å². The fourth-order valence-corrected chi connectivity index (χ4v) is 2.62. The molecule has 0 unspecified atom stereocenters. The largest absolute Gasteiger partial charge is 0.493 e. The zero-order valence-corrected chi connectivity index (χ0v) is 15.1. The smallest absolute Gasteiger partial charge is 0.387 e. The molecule has 0 atom stereocenters. The molecule has 9 heteroatoms. The lowest BCUT2D eigenvalue weighted by Gasteiger charge is -2.10. The quantitative estimate of drug-likeness (QED) is 0.520. The Labute approximate surface area is 158 Å². The van der Waals surface area contributed by atoms with Crippen molar-refractivity contribution < 1.29 is 32.6 Å². The molecule has 2 rings (SSSR count). The van der Waals surface area contributed by atoms with E-state index >= 15 is 0 Å². The number of benzene rings is 1. The van der Waals surface area contributed by atoms with Crippen molar-refractivity contribution in [2.24, 2.45) is 0 Å². The van der Waals surface area contributed by atoms with Gasteiger partial charge >= 0.3 is 12.6 Å². The highest BCUT2D eigenvalue weighted by atomic mass is 32.1. The molecule has 0 saturated carbocycles. The summed E-state index contributed by atoms with van der Waals surface area (Å²) >= 11 is 1.51. The average molecular weight is 397 g/mol. The van der Waals surface area contributed by atoms with Crippen LogP contribution >= 0.6 is 11.3 Å². The average Bonchev–Trinajstić information content (AvgIpc) is 3.17. The predicted octanol–water partition coefficient (Wildman–Crippen LogP) is 3.23. The third-order valence-corrected chi connectivity index (χ3v) is 4.08. The van der Waals surface area contributed by atoms with Crippen LogP contribution in [0.4, 0.5) is 8.78 Å². The Morgan fingerprint density at radius 1 is 1.26 bits per heavy atom. The summed E-state index contributed by atoms with van der Waals surface area (Å²) in [5.74, 6) is -1.15. The maximum atomic E-state index is 12.3. The predicted molar refractivity (Wildman–Crippen MR) is 95.8 cm³/mol. The molecule has 27 heavy (non-hydrogen) atoms. The summed E-state index contributed by atoms with van der Waals surface area (Å²) in [6.45, 7) is -3.00. The second-order valence-electron chi connectivity index (χ2n) is 5.09. The van der Waals surface area contributed by atoms with Crippen molar-refractivity contribution in [2.75, 3.05) is 13.7 Å². The summed E-state index contributed by atoms with van der Waals surface area (Å²) in [6, 6.07) is 7.95. The van der Waals surface area contributed by atoms with Gasteiger partial charge in [-0.25, -0.2) is 4.79 Å². The standard InChI is InChI=1S/C18H17F2NO5S/c1-24-15-9-12(4-6-14(15)26-18(19)20)5-7-17(23)25-11-16(22)21-10-13-3-2-8-27-13/h2-9,18H,10-11H2,1H3,(H,21,22). The monoisotopic (exact) mass is 397 g/mol. The Balaban J connectivity index is 1.82. The molecule has 0 aliphatic rings. The van der Waals surface area contributed by atoms with Gasteiger partial charge in [-0.05, 0) is 35.2 Å². The van der Waals surface area contributed by atoms with Crippen molar-refractivity contribution in [2.45, 2.75) is 13.2 Å². The fraction of sp³-hybridized carbons (Fsp3) is 0.222. The van der Waals surface area contributed by atoms with Gasteiger partial charge < -0.3 is 19.5 Å². The Bertz CT molecular complexity index is 793. The van der Waals surface area contributed by atoms with Gasteiger partial charge in [0, 0.05) is 11.0 Å². The van der Waals surface area contributed by atoms with E-state index in [1.54, 1.807) is 0 Å². The van der Waals surface area contributed by atoms with Crippen LogP contribution in [-0.4, -0.2) is 32.2 Å². The highest BCUT2D eigenvalue weighted by Gasteiger charge is 2.10. The van der Waals surface area contributed by atoms with Crippen LogP contribution in [0, 0.1) is 0 Å². The number of amides is 1. The molecule has 1 aromatic carbocycles. The molecule has 0 spiro atoms. The van der Waals surface area contributed by atoms with E-state index in [9.17, 15) is 18.4 Å². The highest BCUT2D eigenvalue weighted by Crippen LogP contribution is 2.29. The number of carbonyl (C=O) groups is 2. The summed E-state index contributed by atoms with van der Waals surface area (Å²) in [7, 11) is 1.31. The molecule has 2 aromatic rings. The van der Waals surface area contributed by atoms with Gasteiger partial charge in [-0.2, -0.15) is 8.78 Å². The molecule has 144 valence electrons. The summed E-state index contributed by atoms with van der Waals surface area (Å²) in [4.78, 5) is 24.3. The SMILES string of the molecule is COc1cc(C=CC(=O)OCC(=O)NCc2cccs2)ccc1OC(F)F. The van der Waals surface area contributed by atoms with Crippen molar-refractivity contribution in [1.82, 2.24) is 5.32 Å². The minimum atomic E-state index is -2.97. The number of methoxy groups -OCH3 is 1. The Morgan fingerprint density at radius 2 is 2.07 bits per heavy atom. The van der Waals surface area contributed by atoms with Crippen LogP contribution in [0.2, 0.25) is 0 Å². The number of rotatable bonds is 9. The summed E-state index contributed by atoms with van der Waals surface area (Å²) < 4.78 is 38.7. The van der Waals surface area contributed by atoms with Gasteiger partial charge in [-0.1, -0.05) is 12.1 Å². The number of carbonyl (C=O) groups excluding carboxylic acids is 2. The van der Waals surface area contributed by atoms with E-state index < -0.39 is 25.1 Å². The van der Waals surface area contributed by atoms with E-state index in [4.69, 9.17) is 9.47 Å². The van der Waals surface area contributed by atoms with Crippen LogP contribution in [0.3, 0.4) is 0 Å². The van der Waals surface area contributed by atoms with E-state index in [2.05, 4.69) is 10.1 Å². The van der Waals surface area contributed by atoms with Crippen LogP contribution < -0.4 is 14.8 Å². The number of hydrogen-bond donors (Lipinski definition) is 1. The number of halogens is 2. The minimum absolute atomic E-state index is 0.0961. The van der Waals surface area contributed by atoms with Gasteiger partial charge in [-0.3, -0.25) is 4.79 Å². The number of ether oxygens (including phenoxy) is 3. The van der Waals surface area contributed by atoms with Gasteiger partial charge in [0.1, 0.15) is 0 Å². The number of nitrogens with one attached hydrogen (secondary N) is 1. The van der Waals surface area contributed by atoms with Crippen molar-refractivity contribution in [3.05, 3.63) is 52.2 Å². The van der Waals surface area contributed by atoms with Gasteiger partial charge in [0.15, 0.2) is 18.1 Å². The van der Waals surface area contributed by atoms with Crippen LogP contribution in [0.15, 0.2) is 41.8 Å². The highest BCUT2D eigenvalue weighted by molar-refractivity contribution is 7.09. The van der Waals surface area contributed by atoms with Gasteiger partial charge in [0.05, 0.1) is 13.7 Å². The first-order chi connectivity index (χ1) is 13.0. The first-order valence-corrected chi connectivity index (χ1v) is 8.62. The summed E-state index contributed by atoms with van der Waals surface area (Å²) in [6.07, 6.45) is 2.52. The molecule has 6 nitrogen and oxygen atoms in total. The third-order valence-electron chi connectivity index (χ3n) is 3.20. The van der Waals surface area contributed by atoms with Crippen LogP contribution in [0.5, 0.6) is 11.5 Å². The third kappa shape index (κ3) is 7.06. The number of hydrogen-bond acceptors (Lipinski definition) is 6. The zero-order chi connectivity index (χ0) is 19.6. The Kier molecular flexibility index (Phi) is 7.75. The maximum Gasteiger partial charge on any atom is 0.387 e. The molecule has 0 aliphatic heterocycles. The first kappa shape index (κ1) is 20.4. The molecular weight excluding hydrogens is 380 g/mol.